The van der Waals surface area contributed by atoms with Gasteiger partial charge in [0, 0.05) is 25.7 Å². The van der Waals surface area contributed by atoms with Crippen molar-refractivity contribution in [2.75, 3.05) is 7.11 Å². The van der Waals surface area contributed by atoms with Crippen molar-refractivity contribution in [3.63, 3.8) is 0 Å². The first kappa shape index (κ1) is 13.1. The number of methoxy groups -OCH3 is 1. The van der Waals surface area contributed by atoms with Crippen LogP contribution in [0.1, 0.15) is 5.56 Å². The Balaban J connectivity index is 2.98. The van der Waals surface area contributed by atoms with Crippen molar-refractivity contribution in [3.05, 3.63) is 39.9 Å². The Morgan fingerprint density at radius 1 is 1.65 bits per heavy atom. The van der Waals surface area contributed by atoms with Gasteiger partial charge in [-0.3, -0.25) is 15.8 Å². The molecule has 0 bridgehead atoms. The first-order valence-electron chi connectivity index (χ1n) is 4.70. The molecule has 1 atom stereocenters. The molecule has 0 amide bonds. The van der Waals surface area contributed by atoms with Crippen LogP contribution in [0.2, 0.25) is 0 Å². The van der Waals surface area contributed by atoms with Gasteiger partial charge < -0.3 is 9.84 Å². The smallest absolute Gasteiger partial charge is 0.351 e. The second-order valence-electron chi connectivity index (χ2n) is 3.50. The number of carboxylic acid groups (broad SMARTS) is 1. The Morgan fingerprint density at radius 3 is 2.76 bits per heavy atom. The van der Waals surface area contributed by atoms with Gasteiger partial charge in [-0.25, -0.2) is 4.79 Å². The summed E-state index contributed by atoms with van der Waals surface area (Å²) >= 11 is 0. The number of ether oxygens (including phenoxy) is 1. The summed E-state index contributed by atoms with van der Waals surface area (Å²) in [5.74, 6) is -1.33. The molecular weight excluding hydrogens is 228 g/mol. The number of nitro benzene ring substituents is 1. The molecule has 0 unspecified atom stereocenters. The molecule has 0 heterocycles. The Morgan fingerprint density at radius 2 is 2.29 bits per heavy atom. The first-order chi connectivity index (χ1) is 7.89. The zero-order valence-electron chi connectivity index (χ0n) is 9.12. The van der Waals surface area contributed by atoms with Crippen LogP contribution in [0, 0.1) is 10.1 Å². The summed E-state index contributed by atoms with van der Waals surface area (Å²) in [5, 5.41) is 19.4. The molecular formula is C10H12N2O5. The fourth-order valence-corrected chi connectivity index (χ4v) is 1.32. The predicted octanol–water partition coefficient (Wildman–Crippen LogP) is 0.523. The number of aliphatic carboxylic acids is 1. The number of nitrogens with two attached hydrogens (primary N) is 1. The van der Waals surface area contributed by atoms with E-state index in [0.717, 1.165) is 0 Å². The minimum absolute atomic E-state index is 0.119. The van der Waals surface area contributed by atoms with Crippen molar-refractivity contribution in [2.24, 2.45) is 5.73 Å². The average molecular weight is 240 g/mol. The molecule has 1 aromatic rings. The highest BCUT2D eigenvalue weighted by Crippen LogP contribution is 2.18. The normalized spacial score (nSPS) is 14.0. The number of nitro groups is 1. The van der Waals surface area contributed by atoms with Crippen LogP contribution in [0.3, 0.4) is 0 Å². The van der Waals surface area contributed by atoms with Crippen LogP contribution in [-0.2, 0) is 16.0 Å². The quantitative estimate of drug-likeness (QED) is 0.440. The van der Waals surface area contributed by atoms with E-state index in [1.807, 2.05) is 0 Å². The molecule has 0 saturated heterocycles. The van der Waals surface area contributed by atoms with Gasteiger partial charge in [-0.15, -0.1) is 0 Å². The predicted molar refractivity (Wildman–Crippen MR) is 58.4 cm³/mol. The maximum Gasteiger partial charge on any atom is 0.351 e. The Hall–Kier alpha value is -1.99. The zero-order valence-corrected chi connectivity index (χ0v) is 9.12. The molecule has 0 spiro atoms. The van der Waals surface area contributed by atoms with E-state index in [4.69, 9.17) is 15.6 Å². The summed E-state index contributed by atoms with van der Waals surface area (Å²) in [7, 11) is 1.17. The van der Waals surface area contributed by atoms with Crippen LogP contribution >= 0.6 is 0 Å². The fourth-order valence-electron chi connectivity index (χ4n) is 1.32. The molecule has 0 aliphatic heterocycles. The van der Waals surface area contributed by atoms with Gasteiger partial charge in [0.1, 0.15) is 0 Å². The largest absolute Gasteiger partial charge is 0.478 e. The molecule has 17 heavy (non-hydrogen) atoms. The van der Waals surface area contributed by atoms with Gasteiger partial charge in [0.05, 0.1) is 4.92 Å². The molecule has 1 aromatic carbocycles. The van der Waals surface area contributed by atoms with Gasteiger partial charge in [0.2, 0.25) is 5.72 Å². The summed E-state index contributed by atoms with van der Waals surface area (Å²) in [6.45, 7) is 0. The van der Waals surface area contributed by atoms with Crippen LogP contribution in [0.15, 0.2) is 24.3 Å². The lowest BCUT2D eigenvalue weighted by Crippen LogP contribution is -2.51. The minimum Gasteiger partial charge on any atom is -0.478 e. The molecule has 3 N–H and O–H groups in total. The molecule has 92 valence electrons. The highest BCUT2D eigenvalue weighted by Gasteiger charge is 2.34. The summed E-state index contributed by atoms with van der Waals surface area (Å²) in [6, 6.07) is 5.60. The minimum atomic E-state index is -1.88. The molecule has 0 saturated carbocycles. The lowest BCUT2D eigenvalue weighted by molar-refractivity contribution is -0.384. The third-order valence-electron chi connectivity index (χ3n) is 2.31. The van der Waals surface area contributed by atoms with Crippen molar-refractivity contribution in [3.8, 4) is 0 Å². The topological polar surface area (TPSA) is 116 Å². The third-order valence-corrected chi connectivity index (χ3v) is 2.31. The maximum absolute atomic E-state index is 10.9. The van der Waals surface area contributed by atoms with Crippen molar-refractivity contribution >= 4 is 11.7 Å². The standard InChI is InChI=1S/C10H12N2O5/c1-17-10(11,9(13)14)6-7-3-2-4-8(5-7)12(15)16/h2-5H,6,11H2,1H3,(H,13,14)/t10-/m1/s1. The second-order valence-corrected chi connectivity index (χ2v) is 3.50. The van der Waals surface area contributed by atoms with Crippen molar-refractivity contribution in [1.82, 2.24) is 0 Å². The van der Waals surface area contributed by atoms with Gasteiger partial charge in [-0.2, -0.15) is 0 Å². The Labute approximate surface area is 97.0 Å². The SMILES string of the molecule is CO[C@](N)(Cc1cccc([N+](=O)[O-])c1)C(=O)O. The first-order valence-corrected chi connectivity index (χ1v) is 4.70. The number of hydrogen-bond acceptors (Lipinski definition) is 5. The van der Waals surface area contributed by atoms with E-state index in [9.17, 15) is 14.9 Å². The summed E-state index contributed by atoms with van der Waals surface area (Å²) in [5.41, 5.74) is 3.93. The molecule has 0 aromatic heterocycles. The lowest BCUT2D eigenvalue weighted by atomic mass is 10.0. The second kappa shape index (κ2) is 4.89. The summed E-state index contributed by atoms with van der Waals surface area (Å²) in [6.07, 6.45) is -0.152. The number of hydrogen-bond donors (Lipinski definition) is 2. The van der Waals surface area contributed by atoms with Crippen LogP contribution in [-0.4, -0.2) is 28.8 Å². The van der Waals surface area contributed by atoms with Crippen molar-refractivity contribution in [1.29, 1.82) is 0 Å². The number of non-ortho nitro benzene ring substituents is 1. The Kier molecular flexibility index (Phi) is 3.77. The van der Waals surface area contributed by atoms with Gasteiger partial charge in [-0.1, -0.05) is 12.1 Å². The van der Waals surface area contributed by atoms with Crippen molar-refractivity contribution < 1.29 is 19.6 Å². The van der Waals surface area contributed by atoms with E-state index in [1.165, 1.54) is 25.3 Å². The van der Waals surface area contributed by atoms with Gasteiger partial charge >= 0.3 is 5.97 Å². The molecule has 0 aliphatic rings. The number of rotatable bonds is 5. The average Bonchev–Trinajstić information content (AvgIpc) is 2.29. The van der Waals surface area contributed by atoms with E-state index < -0.39 is 16.6 Å². The highest BCUT2D eigenvalue weighted by atomic mass is 16.6. The molecule has 7 heteroatoms. The number of benzene rings is 1. The van der Waals surface area contributed by atoms with Gasteiger partial charge in [0.15, 0.2) is 0 Å². The monoisotopic (exact) mass is 240 g/mol. The molecule has 1 rings (SSSR count). The van der Waals surface area contributed by atoms with Gasteiger partial charge in [0.25, 0.3) is 5.69 Å². The van der Waals surface area contributed by atoms with Crippen LogP contribution < -0.4 is 5.73 Å². The van der Waals surface area contributed by atoms with Crippen LogP contribution in [0.5, 0.6) is 0 Å². The molecule has 7 nitrogen and oxygen atoms in total. The molecule has 0 fully saturated rings. The lowest BCUT2D eigenvalue weighted by Gasteiger charge is -2.22. The fraction of sp³-hybridized carbons (Fsp3) is 0.300. The number of carboxylic acids is 1. The van der Waals surface area contributed by atoms with Crippen LogP contribution in [0.25, 0.3) is 0 Å². The molecule has 0 aliphatic carbocycles. The highest BCUT2D eigenvalue weighted by molar-refractivity contribution is 5.77. The van der Waals surface area contributed by atoms with E-state index in [-0.39, 0.29) is 12.1 Å². The maximum atomic E-state index is 10.9. The number of carbonyl (C=O) groups is 1. The van der Waals surface area contributed by atoms with E-state index in [0.29, 0.717) is 5.56 Å². The summed E-state index contributed by atoms with van der Waals surface area (Å²) in [4.78, 5) is 20.9. The number of nitrogens with zero attached hydrogens (tertiary/aromatic N) is 1. The molecule has 0 radical (unpaired) electrons. The van der Waals surface area contributed by atoms with E-state index in [2.05, 4.69) is 0 Å². The third kappa shape index (κ3) is 2.99. The summed E-state index contributed by atoms with van der Waals surface area (Å²) < 4.78 is 4.71. The van der Waals surface area contributed by atoms with Gasteiger partial charge in [-0.05, 0) is 5.56 Å². The zero-order chi connectivity index (χ0) is 13.1. The van der Waals surface area contributed by atoms with Crippen LogP contribution in [0.4, 0.5) is 5.69 Å². The van der Waals surface area contributed by atoms with E-state index >= 15 is 0 Å². The van der Waals surface area contributed by atoms with Crippen molar-refractivity contribution in [2.45, 2.75) is 12.1 Å². The Bertz CT molecular complexity index is 448. The van der Waals surface area contributed by atoms with E-state index in [1.54, 1.807) is 6.07 Å².